The number of hydrogen-bond acceptors (Lipinski definition) is 5. The molecule has 0 aromatic heterocycles. The first-order valence-electron chi connectivity index (χ1n) is 3.39. The van der Waals surface area contributed by atoms with Gasteiger partial charge in [0.1, 0.15) is 6.10 Å². The van der Waals surface area contributed by atoms with Crippen LogP contribution in [0.25, 0.3) is 0 Å². The first kappa shape index (κ1) is 10.8. The van der Waals surface area contributed by atoms with Crippen molar-refractivity contribution in [2.75, 3.05) is 19.8 Å². The fraction of sp³-hybridized carbons (Fsp3) is 1.00. The summed E-state index contributed by atoms with van der Waals surface area (Å²) in [5, 5.41) is 33.7. The van der Waals surface area contributed by atoms with Gasteiger partial charge in [-0.1, -0.05) is 0 Å². The third-order valence-electron chi connectivity index (χ3n) is 1.04. The number of rotatable bonds is 6. The summed E-state index contributed by atoms with van der Waals surface area (Å²) in [7, 11) is 0. The molecule has 0 fully saturated rings. The third kappa shape index (κ3) is 7.70. The van der Waals surface area contributed by atoms with Crippen molar-refractivity contribution >= 4 is 0 Å². The zero-order valence-corrected chi connectivity index (χ0v) is 6.18. The van der Waals surface area contributed by atoms with Crippen LogP contribution in [-0.4, -0.2) is 52.6 Å². The second-order valence-electron chi connectivity index (χ2n) is 2.18. The minimum Gasteiger partial charge on any atom is -0.394 e. The van der Waals surface area contributed by atoms with Crippen molar-refractivity contribution in [1.82, 2.24) is 0 Å². The Kier molecular flexibility index (Phi) is 6.39. The van der Waals surface area contributed by atoms with Gasteiger partial charge in [0, 0.05) is 6.42 Å². The maximum Gasteiger partial charge on any atom is 0.153 e. The van der Waals surface area contributed by atoms with Gasteiger partial charge in [-0.25, -0.2) is 0 Å². The molecule has 0 saturated carbocycles. The number of hydrogen-bond donors (Lipinski definition) is 4. The minimum absolute atomic E-state index is 0.0171. The van der Waals surface area contributed by atoms with E-state index < -0.39 is 12.4 Å². The van der Waals surface area contributed by atoms with Crippen molar-refractivity contribution < 1.29 is 25.2 Å². The van der Waals surface area contributed by atoms with E-state index in [9.17, 15) is 0 Å². The lowest BCUT2D eigenvalue weighted by Gasteiger charge is -2.08. The largest absolute Gasteiger partial charge is 0.394 e. The van der Waals surface area contributed by atoms with Crippen LogP contribution >= 0.6 is 0 Å². The lowest BCUT2D eigenvalue weighted by Crippen LogP contribution is -2.20. The van der Waals surface area contributed by atoms with Crippen molar-refractivity contribution in [1.29, 1.82) is 0 Å². The Morgan fingerprint density at radius 1 is 1.18 bits per heavy atom. The summed E-state index contributed by atoms with van der Waals surface area (Å²) in [6, 6.07) is 0. The van der Waals surface area contributed by atoms with Crippen LogP contribution in [0.5, 0.6) is 0 Å². The van der Waals surface area contributed by atoms with Crippen LogP contribution < -0.4 is 0 Å². The molecule has 0 heterocycles. The number of ether oxygens (including phenoxy) is 1. The van der Waals surface area contributed by atoms with E-state index >= 15 is 0 Å². The van der Waals surface area contributed by atoms with Crippen LogP contribution in [0.3, 0.4) is 0 Å². The Bertz CT molecular complexity index is 85.0. The molecule has 68 valence electrons. The molecule has 5 nitrogen and oxygen atoms in total. The van der Waals surface area contributed by atoms with Gasteiger partial charge in [-0.05, 0) is 0 Å². The molecule has 0 aliphatic carbocycles. The maximum atomic E-state index is 8.72. The summed E-state index contributed by atoms with van der Waals surface area (Å²) in [4.78, 5) is 0. The summed E-state index contributed by atoms with van der Waals surface area (Å²) in [5.41, 5.74) is 0. The van der Waals surface area contributed by atoms with E-state index in [0.29, 0.717) is 0 Å². The van der Waals surface area contributed by atoms with Crippen LogP contribution in [-0.2, 0) is 4.74 Å². The van der Waals surface area contributed by atoms with Gasteiger partial charge in [-0.3, -0.25) is 0 Å². The highest BCUT2D eigenvalue weighted by atomic mass is 16.5. The topological polar surface area (TPSA) is 90.2 Å². The number of aliphatic hydroxyl groups excluding tert-OH is 3. The molecule has 0 amide bonds. The number of aliphatic hydroxyl groups is 4. The molecule has 0 rings (SSSR count). The first-order chi connectivity index (χ1) is 5.16. The fourth-order valence-electron chi connectivity index (χ4n) is 0.461. The molecular formula is C6H14O5. The third-order valence-corrected chi connectivity index (χ3v) is 1.04. The molecule has 0 aliphatic rings. The molecule has 11 heavy (non-hydrogen) atoms. The van der Waals surface area contributed by atoms with Crippen molar-refractivity contribution in [3.63, 3.8) is 0 Å². The first-order valence-corrected chi connectivity index (χ1v) is 3.39. The van der Waals surface area contributed by atoms with E-state index in [0.717, 1.165) is 0 Å². The summed E-state index contributed by atoms with van der Waals surface area (Å²) in [6.07, 6.45) is -2.15. The predicted molar refractivity (Wildman–Crippen MR) is 36.8 cm³/mol. The normalized spacial score (nSPS) is 13.9. The highest BCUT2D eigenvalue weighted by Crippen LogP contribution is 1.89. The van der Waals surface area contributed by atoms with E-state index in [2.05, 4.69) is 0 Å². The summed E-state index contributed by atoms with van der Waals surface area (Å²) in [5.74, 6) is 0. The Morgan fingerprint density at radius 3 is 2.27 bits per heavy atom. The van der Waals surface area contributed by atoms with Crippen LogP contribution in [0.15, 0.2) is 0 Å². The molecule has 0 radical (unpaired) electrons. The standard InChI is InChI=1S/C6H14O5/c7-3-5(8)4-11-2-1-6(9)10/h5-10H,1-4H2. The second kappa shape index (κ2) is 6.51. The van der Waals surface area contributed by atoms with E-state index in [1.807, 2.05) is 0 Å². The van der Waals surface area contributed by atoms with E-state index in [-0.39, 0.29) is 26.2 Å². The van der Waals surface area contributed by atoms with Crippen molar-refractivity contribution in [2.45, 2.75) is 18.8 Å². The van der Waals surface area contributed by atoms with Crippen LogP contribution in [0.2, 0.25) is 0 Å². The van der Waals surface area contributed by atoms with Gasteiger partial charge < -0.3 is 25.2 Å². The van der Waals surface area contributed by atoms with Gasteiger partial charge in [0.2, 0.25) is 0 Å². The average molecular weight is 166 g/mol. The molecule has 1 atom stereocenters. The van der Waals surface area contributed by atoms with Crippen LogP contribution in [0.4, 0.5) is 0 Å². The van der Waals surface area contributed by atoms with Gasteiger partial charge in [-0.2, -0.15) is 0 Å². The molecule has 4 N–H and O–H groups in total. The average Bonchev–Trinajstić information content (AvgIpc) is 1.97. The van der Waals surface area contributed by atoms with E-state index in [1.54, 1.807) is 0 Å². The molecule has 1 unspecified atom stereocenters. The van der Waals surface area contributed by atoms with Crippen molar-refractivity contribution in [2.24, 2.45) is 0 Å². The Labute approximate surface area is 64.9 Å². The van der Waals surface area contributed by atoms with E-state index in [1.165, 1.54) is 0 Å². The summed E-state index contributed by atoms with van der Waals surface area (Å²) >= 11 is 0. The zero-order chi connectivity index (χ0) is 8.69. The molecule has 0 aromatic rings. The molecule has 0 aromatic carbocycles. The fourth-order valence-corrected chi connectivity index (χ4v) is 0.461. The van der Waals surface area contributed by atoms with Gasteiger partial charge in [-0.15, -0.1) is 0 Å². The molecule has 5 heteroatoms. The van der Waals surface area contributed by atoms with Gasteiger partial charge in [0.15, 0.2) is 6.29 Å². The molecule has 0 saturated heterocycles. The van der Waals surface area contributed by atoms with Gasteiger partial charge in [0.25, 0.3) is 0 Å². The summed E-state index contributed by atoms with van der Waals surface area (Å²) in [6.45, 7) is -0.167. The minimum atomic E-state index is -1.37. The molecule has 0 aliphatic heterocycles. The Morgan fingerprint density at radius 2 is 1.82 bits per heavy atom. The highest BCUT2D eigenvalue weighted by Gasteiger charge is 2.02. The lowest BCUT2D eigenvalue weighted by molar-refractivity contribution is -0.0694. The van der Waals surface area contributed by atoms with Gasteiger partial charge in [0.05, 0.1) is 19.8 Å². The van der Waals surface area contributed by atoms with Crippen LogP contribution in [0.1, 0.15) is 6.42 Å². The van der Waals surface area contributed by atoms with Crippen molar-refractivity contribution in [3.05, 3.63) is 0 Å². The smallest absolute Gasteiger partial charge is 0.153 e. The second-order valence-corrected chi connectivity index (χ2v) is 2.18. The van der Waals surface area contributed by atoms with Crippen molar-refractivity contribution in [3.8, 4) is 0 Å². The quantitative estimate of drug-likeness (QED) is 0.272. The monoisotopic (exact) mass is 166 g/mol. The zero-order valence-electron chi connectivity index (χ0n) is 6.18. The summed E-state index contributed by atoms with van der Waals surface area (Å²) < 4.78 is 4.77. The SMILES string of the molecule is OCC(O)COCCC(O)O. The predicted octanol–water partition coefficient (Wildman–Crippen LogP) is -1.94. The molecular weight excluding hydrogens is 152 g/mol. The Balaban J connectivity index is 3.01. The maximum absolute atomic E-state index is 8.72. The molecule has 0 bridgehead atoms. The highest BCUT2D eigenvalue weighted by molar-refractivity contribution is 4.48. The van der Waals surface area contributed by atoms with Crippen LogP contribution in [0, 0.1) is 0 Å². The van der Waals surface area contributed by atoms with Gasteiger partial charge >= 0.3 is 0 Å². The van der Waals surface area contributed by atoms with E-state index in [4.69, 9.17) is 25.2 Å². The molecule has 0 spiro atoms. The Hall–Kier alpha value is -0.200. The lowest BCUT2D eigenvalue weighted by atomic mass is 10.4.